The Balaban J connectivity index is 3.17. The maximum atomic E-state index is 12.8. The number of halogens is 2. The zero-order valence-corrected chi connectivity index (χ0v) is 7.15. The summed E-state index contributed by atoms with van der Waals surface area (Å²) in [4.78, 5) is 3.67. The van der Waals surface area contributed by atoms with Crippen molar-refractivity contribution in [2.45, 2.75) is 13.3 Å². The molecule has 1 rings (SSSR count). The SMILES string of the molecule is CCc1c(F)cncc1Br. The van der Waals surface area contributed by atoms with E-state index in [9.17, 15) is 4.39 Å². The fourth-order valence-corrected chi connectivity index (χ4v) is 1.36. The average Bonchev–Trinajstić information content (AvgIpc) is 1.88. The quantitative estimate of drug-likeness (QED) is 0.684. The largest absolute Gasteiger partial charge is 0.260 e. The molecule has 0 bridgehead atoms. The Morgan fingerprint density at radius 2 is 2.30 bits per heavy atom. The number of hydrogen-bond acceptors (Lipinski definition) is 1. The van der Waals surface area contributed by atoms with Crippen molar-refractivity contribution in [2.24, 2.45) is 0 Å². The van der Waals surface area contributed by atoms with E-state index in [1.54, 1.807) is 6.20 Å². The normalized spacial score (nSPS) is 9.90. The van der Waals surface area contributed by atoms with Crippen molar-refractivity contribution in [3.8, 4) is 0 Å². The topological polar surface area (TPSA) is 12.9 Å². The maximum absolute atomic E-state index is 12.8. The molecule has 0 aliphatic heterocycles. The molecule has 1 aromatic heterocycles. The summed E-state index contributed by atoms with van der Waals surface area (Å²) in [6.45, 7) is 1.91. The summed E-state index contributed by atoms with van der Waals surface area (Å²) < 4.78 is 13.5. The van der Waals surface area contributed by atoms with Gasteiger partial charge in [0, 0.05) is 16.2 Å². The molecule has 0 atom stereocenters. The van der Waals surface area contributed by atoms with E-state index in [1.807, 2.05) is 6.92 Å². The highest BCUT2D eigenvalue weighted by atomic mass is 79.9. The van der Waals surface area contributed by atoms with E-state index in [4.69, 9.17) is 0 Å². The van der Waals surface area contributed by atoms with Gasteiger partial charge in [0.1, 0.15) is 5.82 Å². The predicted molar refractivity (Wildman–Crippen MR) is 41.3 cm³/mol. The van der Waals surface area contributed by atoms with Gasteiger partial charge in [0.15, 0.2) is 0 Å². The van der Waals surface area contributed by atoms with Gasteiger partial charge in [-0.1, -0.05) is 6.92 Å². The van der Waals surface area contributed by atoms with Crippen molar-refractivity contribution in [3.05, 3.63) is 28.2 Å². The molecule has 0 saturated carbocycles. The third-order valence-electron chi connectivity index (χ3n) is 1.31. The number of rotatable bonds is 1. The van der Waals surface area contributed by atoms with Gasteiger partial charge in [-0.3, -0.25) is 4.98 Å². The van der Waals surface area contributed by atoms with Crippen molar-refractivity contribution in [3.63, 3.8) is 0 Å². The smallest absolute Gasteiger partial charge is 0.145 e. The molecule has 0 radical (unpaired) electrons. The molecule has 0 saturated heterocycles. The van der Waals surface area contributed by atoms with E-state index in [0.29, 0.717) is 12.0 Å². The van der Waals surface area contributed by atoms with Gasteiger partial charge in [-0.05, 0) is 22.4 Å². The van der Waals surface area contributed by atoms with Crippen LogP contribution in [0, 0.1) is 5.82 Å². The number of aromatic nitrogens is 1. The van der Waals surface area contributed by atoms with Crippen LogP contribution in [0.1, 0.15) is 12.5 Å². The van der Waals surface area contributed by atoms with E-state index in [0.717, 1.165) is 4.47 Å². The minimum atomic E-state index is -0.239. The monoisotopic (exact) mass is 203 g/mol. The minimum absolute atomic E-state index is 0.239. The lowest BCUT2D eigenvalue weighted by molar-refractivity contribution is 0.604. The first-order valence-corrected chi connectivity index (χ1v) is 3.83. The summed E-state index contributed by atoms with van der Waals surface area (Å²) in [6.07, 6.45) is 3.51. The van der Waals surface area contributed by atoms with E-state index in [1.165, 1.54) is 6.20 Å². The van der Waals surface area contributed by atoms with Crippen LogP contribution in [0.4, 0.5) is 4.39 Å². The first kappa shape index (κ1) is 7.66. The van der Waals surface area contributed by atoms with Crippen LogP contribution in [0.15, 0.2) is 16.9 Å². The number of hydrogen-bond donors (Lipinski definition) is 0. The Labute approximate surface area is 67.4 Å². The van der Waals surface area contributed by atoms with Gasteiger partial charge in [0.05, 0.1) is 6.20 Å². The molecule has 1 heterocycles. The van der Waals surface area contributed by atoms with Crippen molar-refractivity contribution < 1.29 is 4.39 Å². The Morgan fingerprint density at radius 1 is 1.60 bits per heavy atom. The molecule has 1 aromatic rings. The van der Waals surface area contributed by atoms with Gasteiger partial charge in [-0.2, -0.15) is 0 Å². The Bertz CT molecular complexity index is 217. The minimum Gasteiger partial charge on any atom is -0.260 e. The molecule has 54 valence electrons. The van der Waals surface area contributed by atoms with Crippen LogP contribution in [0.25, 0.3) is 0 Å². The highest BCUT2D eigenvalue weighted by Gasteiger charge is 2.02. The molecule has 0 aliphatic carbocycles. The molecule has 0 N–H and O–H groups in total. The lowest BCUT2D eigenvalue weighted by Crippen LogP contribution is -1.89. The number of nitrogens with zero attached hydrogens (tertiary/aromatic N) is 1. The van der Waals surface area contributed by atoms with Crippen molar-refractivity contribution >= 4 is 15.9 Å². The first-order valence-electron chi connectivity index (χ1n) is 3.03. The van der Waals surface area contributed by atoms with E-state index in [-0.39, 0.29) is 5.82 Å². The van der Waals surface area contributed by atoms with Gasteiger partial charge >= 0.3 is 0 Å². The van der Waals surface area contributed by atoms with Crippen LogP contribution in [0.5, 0.6) is 0 Å². The van der Waals surface area contributed by atoms with Crippen molar-refractivity contribution in [1.82, 2.24) is 4.98 Å². The van der Waals surface area contributed by atoms with Crippen molar-refractivity contribution in [2.75, 3.05) is 0 Å². The van der Waals surface area contributed by atoms with Gasteiger partial charge in [-0.15, -0.1) is 0 Å². The van der Waals surface area contributed by atoms with Crippen LogP contribution < -0.4 is 0 Å². The van der Waals surface area contributed by atoms with E-state index in [2.05, 4.69) is 20.9 Å². The van der Waals surface area contributed by atoms with E-state index >= 15 is 0 Å². The van der Waals surface area contributed by atoms with Crippen LogP contribution in [-0.2, 0) is 6.42 Å². The molecule has 0 amide bonds. The second kappa shape index (κ2) is 3.10. The summed E-state index contributed by atoms with van der Waals surface area (Å²) in [7, 11) is 0. The molecule has 0 spiro atoms. The summed E-state index contributed by atoms with van der Waals surface area (Å²) in [5.74, 6) is -0.239. The second-order valence-electron chi connectivity index (χ2n) is 1.94. The van der Waals surface area contributed by atoms with Crippen LogP contribution in [-0.4, -0.2) is 4.98 Å². The zero-order chi connectivity index (χ0) is 7.56. The van der Waals surface area contributed by atoms with Crippen LogP contribution >= 0.6 is 15.9 Å². The van der Waals surface area contributed by atoms with Crippen LogP contribution in [0.2, 0.25) is 0 Å². The summed E-state index contributed by atoms with van der Waals surface area (Å²) in [6, 6.07) is 0. The van der Waals surface area contributed by atoms with Gasteiger partial charge < -0.3 is 0 Å². The standard InChI is InChI=1S/C7H7BrFN/c1-2-5-6(8)3-10-4-7(5)9/h3-4H,2H2,1H3. The molecular formula is C7H7BrFN. The van der Waals surface area contributed by atoms with Gasteiger partial charge in [-0.25, -0.2) is 4.39 Å². The maximum Gasteiger partial charge on any atom is 0.145 e. The molecule has 0 aromatic carbocycles. The third kappa shape index (κ3) is 1.34. The number of pyridine rings is 1. The fourth-order valence-electron chi connectivity index (χ4n) is 0.776. The average molecular weight is 204 g/mol. The lowest BCUT2D eigenvalue weighted by Gasteiger charge is -1.99. The Hall–Kier alpha value is -0.440. The summed E-state index contributed by atoms with van der Waals surface area (Å²) >= 11 is 3.20. The Morgan fingerprint density at radius 3 is 2.70 bits per heavy atom. The summed E-state index contributed by atoms with van der Waals surface area (Å²) in [5, 5.41) is 0. The third-order valence-corrected chi connectivity index (χ3v) is 1.99. The van der Waals surface area contributed by atoms with Gasteiger partial charge in [0.25, 0.3) is 0 Å². The highest BCUT2D eigenvalue weighted by Crippen LogP contribution is 2.17. The molecule has 0 fully saturated rings. The Kier molecular flexibility index (Phi) is 2.38. The molecular weight excluding hydrogens is 197 g/mol. The lowest BCUT2D eigenvalue weighted by atomic mass is 10.2. The molecule has 0 unspecified atom stereocenters. The van der Waals surface area contributed by atoms with E-state index < -0.39 is 0 Å². The zero-order valence-electron chi connectivity index (χ0n) is 5.56. The molecule has 3 heteroatoms. The fraction of sp³-hybridized carbons (Fsp3) is 0.286. The van der Waals surface area contributed by atoms with Crippen molar-refractivity contribution in [1.29, 1.82) is 0 Å². The molecule has 1 nitrogen and oxygen atoms in total. The predicted octanol–water partition coefficient (Wildman–Crippen LogP) is 2.55. The molecule has 10 heavy (non-hydrogen) atoms. The highest BCUT2D eigenvalue weighted by molar-refractivity contribution is 9.10. The summed E-state index contributed by atoms with van der Waals surface area (Å²) in [5.41, 5.74) is 0.690. The first-order chi connectivity index (χ1) is 4.75. The molecule has 0 aliphatic rings. The van der Waals surface area contributed by atoms with Gasteiger partial charge in [0.2, 0.25) is 0 Å². The second-order valence-corrected chi connectivity index (χ2v) is 2.79. The van der Waals surface area contributed by atoms with Crippen LogP contribution in [0.3, 0.4) is 0 Å².